The number of aryl methyl sites for hydroxylation is 1. The van der Waals surface area contributed by atoms with Gasteiger partial charge in [-0.3, -0.25) is 9.59 Å². The fourth-order valence-electron chi connectivity index (χ4n) is 2.50. The number of amides is 1. The van der Waals surface area contributed by atoms with Crippen molar-refractivity contribution in [2.24, 2.45) is 5.92 Å². The highest BCUT2D eigenvalue weighted by atomic mass is 32.1. The van der Waals surface area contributed by atoms with Crippen LogP contribution in [0.5, 0.6) is 0 Å². The summed E-state index contributed by atoms with van der Waals surface area (Å²) in [4.78, 5) is 27.7. The molecule has 1 amide bonds. The van der Waals surface area contributed by atoms with Crippen molar-refractivity contribution in [2.45, 2.75) is 38.1 Å². The van der Waals surface area contributed by atoms with Gasteiger partial charge in [0.15, 0.2) is 0 Å². The summed E-state index contributed by atoms with van der Waals surface area (Å²) >= 11 is 1.55. The highest BCUT2D eigenvalue weighted by Crippen LogP contribution is 2.27. The van der Waals surface area contributed by atoms with Crippen molar-refractivity contribution in [3.8, 4) is 10.7 Å². The first-order chi connectivity index (χ1) is 11.1. The van der Waals surface area contributed by atoms with Crippen molar-refractivity contribution in [3.05, 3.63) is 23.4 Å². The van der Waals surface area contributed by atoms with E-state index in [4.69, 9.17) is 9.63 Å². The third kappa shape index (κ3) is 3.95. The summed E-state index contributed by atoms with van der Waals surface area (Å²) in [5.41, 5.74) is 0. The predicted octanol–water partition coefficient (Wildman–Crippen LogP) is 2.10. The molecule has 122 valence electrons. The van der Waals surface area contributed by atoms with E-state index in [0.29, 0.717) is 43.8 Å². The molecule has 0 aromatic carbocycles. The van der Waals surface area contributed by atoms with Gasteiger partial charge in [0.05, 0.1) is 10.8 Å². The van der Waals surface area contributed by atoms with Crippen molar-refractivity contribution < 1.29 is 19.2 Å². The zero-order chi connectivity index (χ0) is 16.2. The number of nitrogens with one attached hydrogen (secondary N) is 1. The third-order valence-corrected chi connectivity index (χ3v) is 4.72. The lowest BCUT2D eigenvalue weighted by Gasteiger charge is -2.32. The van der Waals surface area contributed by atoms with Gasteiger partial charge in [0.25, 0.3) is 0 Å². The summed E-state index contributed by atoms with van der Waals surface area (Å²) in [5.74, 6) is -0.0518. The van der Waals surface area contributed by atoms with Crippen LogP contribution >= 0.6 is 11.3 Å². The Morgan fingerprint density at radius 3 is 2.96 bits per heavy atom. The molecule has 23 heavy (non-hydrogen) atoms. The molecule has 0 radical (unpaired) electrons. The maximum absolute atomic E-state index is 11.8. The average Bonchev–Trinajstić information content (AvgIpc) is 3.12. The fraction of sp³-hybridized carbons (Fsp3) is 0.467. The Balaban J connectivity index is 1.37. The van der Waals surface area contributed by atoms with Gasteiger partial charge in [-0.25, -0.2) is 0 Å². The van der Waals surface area contributed by atoms with E-state index in [-0.39, 0.29) is 17.9 Å². The van der Waals surface area contributed by atoms with E-state index >= 15 is 0 Å². The van der Waals surface area contributed by atoms with E-state index in [1.54, 1.807) is 11.3 Å². The predicted molar refractivity (Wildman–Crippen MR) is 82.8 cm³/mol. The summed E-state index contributed by atoms with van der Waals surface area (Å²) in [6.07, 6.45) is 2.58. The molecule has 3 rings (SSSR count). The smallest absolute Gasteiger partial charge is 0.306 e. The van der Waals surface area contributed by atoms with Crippen LogP contribution in [0.15, 0.2) is 22.0 Å². The lowest BCUT2D eigenvalue weighted by atomic mass is 9.80. The Labute approximate surface area is 136 Å². The molecule has 1 saturated carbocycles. The molecule has 2 aromatic rings. The van der Waals surface area contributed by atoms with Crippen LogP contribution in [-0.2, 0) is 16.0 Å². The maximum Gasteiger partial charge on any atom is 0.306 e. The molecule has 2 aromatic heterocycles. The van der Waals surface area contributed by atoms with Crippen LogP contribution in [-0.4, -0.2) is 33.2 Å². The van der Waals surface area contributed by atoms with Gasteiger partial charge in [0.2, 0.25) is 17.6 Å². The quantitative estimate of drug-likeness (QED) is 0.803. The number of rotatable bonds is 7. The van der Waals surface area contributed by atoms with Gasteiger partial charge in [-0.05, 0) is 30.7 Å². The van der Waals surface area contributed by atoms with E-state index in [0.717, 1.165) is 4.88 Å². The molecule has 1 aliphatic rings. The second-order valence-electron chi connectivity index (χ2n) is 5.61. The monoisotopic (exact) mass is 335 g/mol. The number of carboxylic acid groups (broad SMARTS) is 1. The minimum Gasteiger partial charge on any atom is -0.481 e. The Morgan fingerprint density at radius 2 is 2.26 bits per heavy atom. The van der Waals surface area contributed by atoms with Crippen molar-refractivity contribution in [1.29, 1.82) is 0 Å². The number of nitrogens with zero attached hydrogens (tertiary/aromatic N) is 2. The fourth-order valence-corrected chi connectivity index (χ4v) is 3.15. The standard InChI is InChI=1S/C15H17N3O4S/c19-12(16-10-7-9(8-10)15(20)21)4-1-5-13-17-14(18-22-13)11-3-2-6-23-11/h2-3,6,9-10H,1,4-5,7-8H2,(H,16,19)(H,20,21). The van der Waals surface area contributed by atoms with Gasteiger partial charge in [0, 0.05) is 18.9 Å². The summed E-state index contributed by atoms with van der Waals surface area (Å²) in [6.45, 7) is 0. The molecule has 0 atom stereocenters. The Kier molecular flexibility index (Phi) is 4.71. The molecule has 1 fully saturated rings. The van der Waals surface area contributed by atoms with Crippen molar-refractivity contribution in [2.75, 3.05) is 0 Å². The molecule has 8 heteroatoms. The lowest BCUT2D eigenvalue weighted by Crippen LogP contribution is -2.46. The molecule has 0 saturated heterocycles. The van der Waals surface area contributed by atoms with Crippen LogP contribution in [0.4, 0.5) is 0 Å². The van der Waals surface area contributed by atoms with Gasteiger partial charge in [-0.2, -0.15) is 4.98 Å². The zero-order valence-electron chi connectivity index (χ0n) is 12.4. The number of hydrogen-bond acceptors (Lipinski definition) is 6. The molecule has 0 spiro atoms. The van der Waals surface area contributed by atoms with Crippen molar-refractivity contribution >= 4 is 23.2 Å². The van der Waals surface area contributed by atoms with Crippen LogP contribution in [0.3, 0.4) is 0 Å². The molecule has 2 heterocycles. The third-order valence-electron chi connectivity index (χ3n) is 3.86. The number of thiophene rings is 1. The first-order valence-electron chi connectivity index (χ1n) is 7.50. The first kappa shape index (κ1) is 15.7. The number of aromatic nitrogens is 2. The van der Waals surface area contributed by atoms with Gasteiger partial charge in [-0.1, -0.05) is 11.2 Å². The summed E-state index contributed by atoms with van der Waals surface area (Å²) in [6, 6.07) is 3.85. The molecular formula is C15H17N3O4S. The van der Waals surface area contributed by atoms with Crippen LogP contribution in [0.25, 0.3) is 10.7 Å². The zero-order valence-corrected chi connectivity index (χ0v) is 13.2. The molecule has 0 unspecified atom stereocenters. The van der Waals surface area contributed by atoms with Crippen LogP contribution in [0.2, 0.25) is 0 Å². The SMILES string of the molecule is O=C(CCCc1nc(-c2cccs2)no1)NC1CC(C(=O)O)C1. The number of carbonyl (C=O) groups is 2. The largest absolute Gasteiger partial charge is 0.481 e. The Bertz CT molecular complexity index is 677. The molecule has 1 aliphatic carbocycles. The van der Waals surface area contributed by atoms with Crippen molar-refractivity contribution in [3.63, 3.8) is 0 Å². The van der Waals surface area contributed by atoms with Gasteiger partial charge < -0.3 is 14.9 Å². The highest BCUT2D eigenvalue weighted by Gasteiger charge is 2.35. The molecule has 0 bridgehead atoms. The van der Waals surface area contributed by atoms with E-state index in [1.165, 1.54) is 0 Å². The normalized spacial score (nSPS) is 20.0. The minimum absolute atomic E-state index is 0.00237. The highest BCUT2D eigenvalue weighted by molar-refractivity contribution is 7.13. The van der Waals surface area contributed by atoms with Gasteiger partial charge in [-0.15, -0.1) is 11.3 Å². The summed E-state index contributed by atoms with van der Waals surface area (Å²) in [5, 5.41) is 17.5. The van der Waals surface area contributed by atoms with Gasteiger partial charge >= 0.3 is 5.97 Å². The first-order valence-corrected chi connectivity index (χ1v) is 8.38. The topological polar surface area (TPSA) is 105 Å². The summed E-state index contributed by atoms with van der Waals surface area (Å²) in [7, 11) is 0. The number of hydrogen-bond donors (Lipinski definition) is 2. The Morgan fingerprint density at radius 1 is 1.43 bits per heavy atom. The number of aliphatic carboxylic acids is 1. The second-order valence-corrected chi connectivity index (χ2v) is 6.56. The maximum atomic E-state index is 11.8. The van der Waals surface area contributed by atoms with Gasteiger partial charge in [0.1, 0.15) is 0 Å². The molecule has 0 aliphatic heterocycles. The van der Waals surface area contributed by atoms with E-state index in [1.807, 2.05) is 17.5 Å². The van der Waals surface area contributed by atoms with Crippen LogP contribution in [0.1, 0.15) is 31.6 Å². The molecule has 2 N–H and O–H groups in total. The molecule has 7 nitrogen and oxygen atoms in total. The van der Waals surface area contributed by atoms with Crippen molar-refractivity contribution in [1.82, 2.24) is 15.5 Å². The minimum atomic E-state index is -0.784. The lowest BCUT2D eigenvalue weighted by molar-refractivity contribution is -0.146. The molecular weight excluding hydrogens is 318 g/mol. The summed E-state index contributed by atoms with van der Waals surface area (Å²) < 4.78 is 5.17. The second kappa shape index (κ2) is 6.91. The number of carbonyl (C=O) groups excluding carboxylic acids is 1. The van der Waals surface area contributed by atoms with E-state index in [2.05, 4.69) is 15.5 Å². The van der Waals surface area contributed by atoms with E-state index < -0.39 is 5.97 Å². The van der Waals surface area contributed by atoms with Crippen LogP contribution < -0.4 is 5.32 Å². The van der Waals surface area contributed by atoms with E-state index in [9.17, 15) is 9.59 Å². The van der Waals surface area contributed by atoms with Crippen LogP contribution in [0, 0.1) is 5.92 Å². The Hall–Kier alpha value is -2.22. The average molecular weight is 335 g/mol. The number of carboxylic acids is 1.